The molecule has 5 aromatic rings. The number of nitro groups is 2. The SMILES string of the molecule is O=[N+]([O-])c1ccc(N2CCN3CCNCc4cccc(c4)OCCN(CCOc4cccc(c4)C2)CCOc2cccc(c2)CN(c2ccc([N+](=O)[O-])cc2)CC3)cc1. The van der Waals surface area contributed by atoms with Gasteiger partial charge in [-0.25, -0.2) is 0 Å². The Balaban J connectivity index is 1.24. The van der Waals surface area contributed by atoms with E-state index in [2.05, 4.69) is 61.3 Å². The van der Waals surface area contributed by atoms with Crippen molar-refractivity contribution < 1.29 is 24.1 Å². The third-order valence-corrected chi connectivity index (χ3v) is 10.6. The number of fused-ring (bicyclic) bond motifs is 15. The molecule has 0 saturated heterocycles. The topological polar surface area (TPSA) is 139 Å². The van der Waals surface area contributed by atoms with E-state index in [0.717, 1.165) is 58.4 Å². The summed E-state index contributed by atoms with van der Waals surface area (Å²) in [6.45, 7) is 9.46. The average molecular weight is 802 g/mol. The van der Waals surface area contributed by atoms with Gasteiger partial charge in [-0.1, -0.05) is 36.4 Å². The van der Waals surface area contributed by atoms with Gasteiger partial charge in [-0.3, -0.25) is 30.0 Å². The Hall–Kier alpha value is -6.22. The number of ether oxygens (including phenoxy) is 3. The summed E-state index contributed by atoms with van der Waals surface area (Å²) in [5.74, 6) is 2.38. The third-order valence-electron chi connectivity index (χ3n) is 10.6. The van der Waals surface area contributed by atoms with Gasteiger partial charge in [0, 0.05) is 114 Å². The van der Waals surface area contributed by atoms with Gasteiger partial charge in [-0.15, -0.1) is 0 Å². The molecule has 308 valence electrons. The highest BCUT2D eigenvalue weighted by atomic mass is 16.6. The molecule has 8 bridgehead atoms. The Morgan fingerprint density at radius 1 is 0.475 bits per heavy atom. The molecule has 0 aliphatic carbocycles. The standard InChI is InChI=1S/C45H51N7O7/c53-51(54)41-14-10-39(11-15-41)49-22-20-47-19-18-46-33-36-4-1-7-43(30-36)57-27-24-48(25-28-58-44-8-2-5-37(31-44)34-49)26-29-59-45-9-3-6-38(32-45)35-50(23-21-47)40-12-16-42(17-13-40)52(55)56/h1-17,30-32,46H,18-29,33-35H2. The molecule has 0 aromatic heterocycles. The van der Waals surface area contributed by atoms with Crippen LogP contribution in [0.2, 0.25) is 0 Å². The number of hydrogen-bond donors (Lipinski definition) is 1. The van der Waals surface area contributed by atoms with E-state index in [-0.39, 0.29) is 21.2 Å². The molecule has 8 rings (SSSR count). The number of anilines is 2. The number of hydrogen-bond acceptors (Lipinski definition) is 12. The first kappa shape index (κ1) is 41.0. The zero-order valence-electron chi connectivity index (χ0n) is 33.2. The van der Waals surface area contributed by atoms with Gasteiger partial charge < -0.3 is 29.3 Å². The number of nitro benzene ring substituents is 2. The Kier molecular flexibility index (Phi) is 14.2. The normalized spacial score (nSPS) is 18.7. The molecule has 14 nitrogen and oxygen atoms in total. The highest BCUT2D eigenvalue weighted by Crippen LogP contribution is 2.25. The highest BCUT2D eigenvalue weighted by Gasteiger charge is 2.18. The summed E-state index contributed by atoms with van der Waals surface area (Å²) >= 11 is 0. The van der Waals surface area contributed by atoms with Crippen LogP contribution in [-0.4, -0.2) is 98.4 Å². The molecule has 1 N–H and O–H groups in total. The van der Waals surface area contributed by atoms with Gasteiger partial charge in [0.15, 0.2) is 0 Å². The monoisotopic (exact) mass is 801 g/mol. The molecule has 0 amide bonds. The van der Waals surface area contributed by atoms with Gasteiger partial charge in [0.1, 0.15) is 37.1 Å². The lowest BCUT2D eigenvalue weighted by Crippen LogP contribution is -2.42. The van der Waals surface area contributed by atoms with Gasteiger partial charge in [-0.2, -0.15) is 0 Å². The van der Waals surface area contributed by atoms with Crippen LogP contribution >= 0.6 is 0 Å². The lowest BCUT2D eigenvalue weighted by atomic mass is 10.1. The Morgan fingerprint density at radius 2 is 0.881 bits per heavy atom. The van der Waals surface area contributed by atoms with Crippen molar-refractivity contribution in [1.29, 1.82) is 0 Å². The number of benzene rings is 5. The molecule has 0 fully saturated rings. The molecular formula is C45H51N7O7. The molecule has 3 heterocycles. The summed E-state index contributed by atoms with van der Waals surface area (Å²) in [6, 6.07) is 37.9. The third kappa shape index (κ3) is 12.1. The predicted octanol–water partition coefficient (Wildman–Crippen LogP) is 6.77. The van der Waals surface area contributed by atoms with Gasteiger partial charge in [0.2, 0.25) is 0 Å². The van der Waals surface area contributed by atoms with Crippen molar-refractivity contribution in [3.05, 3.63) is 158 Å². The summed E-state index contributed by atoms with van der Waals surface area (Å²) in [7, 11) is 0. The van der Waals surface area contributed by atoms with Crippen LogP contribution in [-0.2, 0) is 19.6 Å². The summed E-state index contributed by atoms with van der Waals surface area (Å²) in [5.41, 5.74) is 5.11. The van der Waals surface area contributed by atoms with Gasteiger partial charge in [0.05, 0.1) is 9.85 Å². The van der Waals surface area contributed by atoms with E-state index in [0.29, 0.717) is 85.3 Å². The first-order valence-corrected chi connectivity index (χ1v) is 20.1. The second kappa shape index (κ2) is 20.5. The molecule has 59 heavy (non-hydrogen) atoms. The summed E-state index contributed by atoms with van der Waals surface area (Å²) in [6.07, 6.45) is 0. The molecule has 5 aromatic carbocycles. The maximum Gasteiger partial charge on any atom is 0.269 e. The molecule has 3 aliphatic heterocycles. The minimum atomic E-state index is -0.375. The van der Waals surface area contributed by atoms with Crippen molar-refractivity contribution in [2.75, 3.05) is 88.5 Å². The van der Waals surface area contributed by atoms with Crippen LogP contribution < -0.4 is 29.3 Å². The predicted molar refractivity (Wildman–Crippen MR) is 229 cm³/mol. The highest BCUT2D eigenvalue weighted by molar-refractivity contribution is 5.53. The van der Waals surface area contributed by atoms with Gasteiger partial charge >= 0.3 is 0 Å². The van der Waals surface area contributed by atoms with Crippen LogP contribution in [0.15, 0.2) is 121 Å². The van der Waals surface area contributed by atoms with Crippen LogP contribution in [0.25, 0.3) is 0 Å². The van der Waals surface area contributed by atoms with E-state index < -0.39 is 0 Å². The largest absolute Gasteiger partial charge is 0.492 e. The summed E-state index contributed by atoms with van der Waals surface area (Å²) in [5, 5.41) is 26.8. The average Bonchev–Trinajstić information content (AvgIpc) is 3.24. The number of nitrogens with zero attached hydrogens (tertiary/aromatic N) is 6. The van der Waals surface area contributed by atoms with Gasteiger partial charge in [0.25, 0.3) is 11.4 Å². The number of nitrogens with one attached hydrogen (secondary N) is 1. The van der Waals surface area contributed by atoms with E-state index in [4.69, 9.17) is 14.2 Å². The quantitative estimate of drug-likeness (QED) is 0.152. The minimum absolute atomic E-state index is 0.0469. The van der Waals surface area contributed by atoms with Crippen molar-refractivity contribution in [3.8, 4) is 17.2 Å². The molecule has 0 spiro atoms. The lowest BCUT2D eigenvalue weighted by Gasteiger charge is -2.32. The molecular weight excluding hydrogens is 751 g/mol. The minimum Gasteiger partial charge on any atom is -0.492 e. The fourth-order valence-electron chi connectivity index (χ4n) is 7.37. The fraction of sp³-hybridized carbons (Fsp3) is 0.333. The maximum absolute atomic E-state index is 11.6. The maximum atomic E-state index is 11.6. The van der Waals surface area contributed by atoms with Gasteiger partial charge in [-0.05, 0) is 77.4 Å². The first-order chi connectivity index (χ1) is 28.8. The van der Waals surface area contributed by atoms with Crippen molar-refractivity contribution in [1.82, 2.24) is 15.1 Å². The van der Waals surface area contributed by atoms with Crippen LogP contribution in [0.4, 0.5) is 22.7 Å². The first-order valence-electron chi connectivity index (χ1n) is 20.1. The molecule has 0 atom stereocenters. The van der Waals surface area contributed by atoms with Crippen molar-refractivity contribution in [2.45, 2.75) is 19.6 Å². The van der Waals surface area contributed by atoms with Crippen LogP contribution in [0.5, 0.6) is 17.2 Å². The van der Waals surface area contributed by atoms with E-state index >= 15 is 0 Å². The zero-order valence-corrected chi connectivity index (χ0v) is 33.2. The summed E-state index contributed by atoms with van der Waals surface area (Å²) in [4.78, 5) is 31.6. The lowest BCUT2D eigenvalue weighted by molar-refractivity contribution is -0.385. The second-order valence-corrected chi connectivity index (χ2v) is 14.7. The van der Waals surface area contributed by atoms with Crippen molar-refractivity contribution in [2.24, 2.45) is 0 Å². The Bertz CT molecular complexity index is 2020. The van der Waals surface area contributed by atoms with E-state index in [1.165, 1.54) is 0 Å². The van der Waals surface area contributed by atoms with Crippen LogP contribution in [0.1, 0.15) is 16.7 Å². The smallest absolute Gasteiger partial charge is 0.269 e. The van der Waals surface area contributed by atoms with E-state index in [9.17, 15) is 20.2 Å². The van der Waals surface area contributed by atoms with Crippen LogP contribution in [0.3, 0.4) is 0 Å². The molecule has 3 aliphatic rings. The van der Waals surface area contributed by atoms with E-state index in [1.54, 1.807) is 24.3 Å². The van der Waals surface area contributed by atoms with Crippen LogP contribution in [0, 0.1) is 20.2 Å². The van der Waals surface area contributed by atoms with E-state index in [1.807, 2.05) is 60.7 Å². The Morgan fingerprint density at radius 3 is 1.32 bits per heavy atom. The number of rotatable bonds is 4. The van der Waals surface area contributed by atoms with Crippen molar-refractivity contribution >= 4 is 22.7 Å². The second-order valence-electron chi connectivity index (χ2n) is 14.7. The summed E-state index contributed by atoms with van der Waals surface area (Å²) < 4.78 is 18.9. The molecule has 0 unspecified atom stereocenters. The zero-order chi connectivity index (χ0) is 40.8. The van der Waals surface area contributed by atoms with Crippen molar-refractivity contribution in [3.63, 3.8) is 0 Å². The molecule has 0 saturated carbocycles. The molecule has 14 heteroatoms. The molecule has 0 radical (unpaired) electrons. The number of non-ortho nitro benzene ring substituents is 2. The Labute approximate surface area is 344 Å². The fourth-order valence-corrected chi connectivity index (χ4v) is 7.37.